The molecular weight excluding hydrogens is 238 g/mol. The van der Waals surface area contributed by atoms with Crippen LogP contribution in [0.25, 0.3) is 0 Å². The summed E-state index contributed by atoms with van der Waals surface area (Å²) in [7, 11) is 1.83. The van der Waals surface area contributed by atoms with E-state index in [1.165, 1.54) is 0 Å². The molecule has 0 unspecified atom stereocenters. The van der Waals surface area contributed by atoms with E-state index in [0.717, 1.165) is 16.8 Å². The van der Waals surface area contributed by atoms with Crippen molar-refractivity contribution in [2.45, 2.75) is 39.5 Å². The van der Waals surface area contributed by atoms with Gasteiger partial charge in [-0.15, -0.1) is 0 Å². The van der Waals surface area contributed by atoms with E-state index in [2.05, 4.69) is 6.07 Å². The van der Waals surface area contributed by atoms with Gasteiger partial charge in [0.1, 0.15) is 5.78 Å². The predicted octanol–water partition coefficient (Wildman–Crippen LogP) is 3.03. The standard InChI is InChI=1S/C16H21NO2/c1-11-4-5-12(2)15(10-11)17(3)16(19)13-6-8-14(18)9-7-13/h4-5,10,13H,6-9H2,1-3H3. The number of rotatable bonds is 2. The van der Waals surface area contributed by atoms with Crippen molar-refractivity contribution in [3.05, 3.63) is 29.3 Å². The Balaban J connectivity index is 2.14. The summed E-state index contributed by atoms with van der Waals surface area (Å²) < 4.78 is 0. The second kappa shape index (κ2) is 5.55. The minimum atomic E-state index is 0.00242. The van der Waals surface area contributed by atoms with Gasteiger partial charge >= 0.3 is 0 Å². The topological polar surface area (TPSA) is 37.4 Å². The van der Waals surface area contributed by atoms with Crippen molar-refractivity contribution >= 4 is 17.4 Å². The first-order valence-electron chi connectivity index (χ1n) is 6.85. The number of benzene rings is 1. The molecule has 1 saturated carbocycles. The highest BCUT2D eigenvalue weighted by molar-refractivity contribution is 5.96. The van der Waals surface area contributed by atoms with E-state index in [-0.39, 0.29) is 11.8 Å². The molecule has 0 spiro atoms. The molecule has 3 nitrogen and oxygen atoms in total. The zero-order chi connectivity index (χ0) is 14.0. The Labute approximate surface area is 114 Å². The molecule has 2 rings (SSSR count). The number of amides is 1. The molecule has 19 heavy (non-hydrogen) atoms. The zero-order valence-electron chi connectivity index (χ0n) is 11.9. The van der Waals surface area contributed by atoms with Crippen molar-refractivity contribution in [1.82, 2.24) is 0 Å². The fourth-order valence-corrected chi connectivity index (χ4v) is 2.66. The van der Waals surface area contributed by atoms with Crippen LogP contribution in [0.15, 0.2) is 18.2 Å². The van der Waals surface area contributed by atoms with E-state index in [0.29, 0.717) is 31.5 Å². The van der Waals surface area contributed by atoms with Gasteiger partial charge in [-0.3, -0.25) is 9.59 Å². The summed E-state index contributed by atoms with van der Waals surface area (Å²) in [5, 5.41) is 0. The first-order chi connectivity index (χ1) is 8.99. The average molecular weight is 259 g/mol. The predicted molar refractivity (Wildman–Crippen MR) is 76.3 cm³/mol. The molecule has 102 valence electrons. The van der Waals surface area contributed by atoms with Crippen LogP contribution in [0.1, 0.15) is 36.8 Å². The molecule has 0 atom stereocenters. The van der Waals surface area contributed by atoms with Crippen molar-refractivity contribution in [2.24, 2.45) is 5.92 Å². The Kier molecular flexibility index (Phi) is 4.03. The summed E-state index contributed by atoms with van der Waals surface area (Å²) in [5.41, 5.74) is 3.23. The third-order valence-corrected chi connectivity index (χ3v) is 3.95. The van der Waals surface area contributed by atoms with Crippen LogP contribution in [0.2, 0.25) is 0 Å². The van der Waals surface area contributed by atoms with Gasteiger partial charge < -0.3 is 4.90 Å². The van der Waals surface area contributed by atoms with Gasteiger partial charge in [-0.05, 0) is 43.9 Å². The number of ketones is 1. The minimum Gasteiger partial charge on any atom is -0.315 e. The molecule has 1 fully saturated rings. The lowest BCUT2D eigenvalue weighted by Crippen LogP contribution is -2.35. The molecule has 1 aromatic carbocycles. The number of aryl methyl sites for hydroxylation is 2. The monoisotopic (exact) mass is 259 g/mol. The number of Topliss-reactive ketones (excluding diaryl/α,β-unsaturated/α-hetero) is 1. The van der Waals surface area contributed by atoms with Crippen LogP contribution in [0.5, 0.6) is 0 Å². The summed E-state index contributed by atoms with van der Waals surface area (Å²) >= 11 is 0. The number of carbonyl (C=O) groups excluding carboxylic acids is 2. The van der Waals surface area contributed by atoms with Crippen molar-refractivity contribution < 1.29 is 9.59 Å². The highest BCUT2D eigenvalue weighted by Crippen LogP contribution is 2.27. The Morgan fingerprint density at radius 2 is 1.84 bits per heavy atom. The van der Waals surface area contributed by atoms with Crippen molar-refractivity contribution in [2.75, 3.05) is 11.9 Å². The quantitative estimate of drug-likeness (QED) is 0.818. The van der Waals surface area contributed by atoms with Gasteiger partial charge in [0, 0.05) is 31.5 Å². The van der Waals surface area contributed by atoms with Gasteiger partial charge in [0.15, 0.2) is 0 Å². The van der Waals surface area contributed by atoms with Crippen LogP contribution >= 0.6 is 0 Å². The highest BCUT2D eigenvalue weighted by Gasteiger charge is 2.28. The third-order valence-electron chi connectivity index (χ3n) is 3.95. The molecular formula is C16H21NO2. The molecule has 0 N–H and O–H groups in total. The first kappa shape index (κ1) is 13.8. The Morgan fingerprint density at radius 1 is 1.21 bits per heavy atom. The number of anilines is 1. The van der Waals surface area contributed by atoms with Crippen LogP contribution in [-0.4, -0.2) is 18.7 Å². The van der Waals surface area contributed by atoms with Gasteiger partial charge in [-0.25, -0.2) is 0 Å². The summed E-state index contributed by atoms with van der Waals surface area (Å²) in [4.78, 5) is 25.5. The van der Waals surface area contributed by atoms with E-state index < -0.39 is 0 Å². The van der Waals surface area contributed by atoms with Crippen LogP contribution in [-0.2, 0) is 9.59 Å². The normalized spacial score (nSPS) is 16.5. The Hall–Kier alpha value is -1.64. The fourth-order valence-electron chi connectivity index (χ4n) is 2.66. The van der Waals surface area contributed by atoms with Crippen molar-refractivity contribution in [1.29, 1.82) is 0 Å². The summed E-state index contributed by atoms with van der Waals surface area (Å²) in [6.07, 6.45) is 2.51. The van der Waals surface area contributed by atoms with Crippen LogP contribution in [0.4, 0.5) is 5.69 Å². The minimum absolute atomic E-state index is 0.00242. The lowest BCUT2D eigenvalue weighted by molar-refractivity contribution is -0.126. The molecule has 0 heterocycles. The number of nitrogens with zero attached hydrogens (tertiary/aromatic N) is 1. The summed E-state index contributed by atoms with van der Waals surface area (Å²) in [5.74, 6) is 0.433. The van der Waals surface area contributed by atoms with Gasteiger partial charge in [-0.2, -0.15) is 0 Å². The van der Waals surface area contributed by atoms with Crippen LogP contribution in [0, 0.1) is 19.8 Å². The first-order valence-corrected chi connectivity index (χ1v) is 6.85. The molecule has 1 amide bonds. The van der Waals surface area contributed by atoms with Gasteiger partial charge in [0.2, 0.25) is 5.91 Å². The van der Waals surface area contributed by atoms with Crippen molar-refractivity contribution in [3.8, 4) is 0 Å². The molecule has 0 bridgehead atoms. The van der Waals surface area contributed by atoms with E-state index >= 15 is 0 Å². The zero-order valence-corrected chi connectivity index (χ0v) is 11.9. The molecule has 3 heteroatoms. The maximum atomic E-state index is 12.5. The summed E-state index contributed by atoms with van der Waals surface area (Å²) in [6, 6.07) is 6.14. The Bertz CT molecular complexity index is 497. The largest absolute Gasteiger partial charge is 0.315 e. The second-order valence-electron chi connectivity index (χ2n) is 5.50. The van der Waals surface area contributed by atoms with Gasteiger partial charge in [0.25, 0.3) is 0 Å². The maximum Gasteiger partial charge on any atom is 0.229 e. The molecule has 1 aromatic rings. The third kappa shape index (κ3) is 3.03. The molecule has 0 aliphatic heterocycles. The second-order valence-corrected chi connectivity index (χ2v) is 5.50. The lowest BCUT2D eigenvalue weighted by atomic mass is 9.87. The van der Waals surface area contributed by atoms with Crippen molar-refractivity contribution in [3.63, 3.8) is 0 Å². The Morgan fingerprint density at radius 3 is 2.47 bits per heavy atom. The lowest BCUT2D eigenvalue weighted by Gasteiger charge is -2.27. The number of hydrogen-bond donors (Lipinski definition) is 0. The van der Waals surface area contributed by atoms with E-state index in [1.807, 2.05) is 33.0 Å². The van der Waals surface area contributed by atoms with Crippen LogP contribution in [0.3, 0.4) is 0 Å². The molecule has 0 saturated heterocycles. The van der Waals surface area contributed by atoms with E-state index in [9.17, 15) is 9.59 Å². The van der Waals surface area contributed by atoms with Gasteiger partial charge in [-0.1, -0.05) is 12.1 Å². The SMILES string of the molecule is Cc1ccc(C)c(N(C)C(=O)C2CCC(=O)CC2)c1. The smallest absolute Gasteiger partial charge is 0.229 e. The molecule has 0 aromatic heterocycles. The highest BCUT2D eigenvalue weighted by atomic mass is 16.2. The fraction of sp³-hybridized carbons (Fsp3) is 0.500. The van der Waals surface area contributed by atoms with Gasteiger partial charge in [0.05, 0.1) is 0 Å². The maximum absolute atomic E-state index is 12.5. The van der Waals surface area contributed by atoms with Crippen LogP contribution < -0.4 is 4.90 Å². The average Bonchev–Trinajstić information content (AvgIpc) is 2.41. The van der Waals surface area contributed by atoms with E-state index in [1.54, 1.807) is 4.90 Å². The number of hydrogen-bond acceptors (Lipinski definition) is 2. The number of carbonyl (C=O) groups is 2. The molecule has 0 radical (unpaired) electrons. The summed E-state index contributed by atoms with van der Waals surface area (Å²) in [6.45, 7) is 4.05. The van der Waals surface area contributed by atoms with E-state index in [4.69, 9.17) is 0 Å². The molecule has 1 aliphatic rings. The molecule has 1 aliphatic carbocycles.